The Morgan fingerprint density at radius 2 is 1.60 bits per heavy atom. The van der Waals surface area contributed by atoms with Crippen LogP contribution in [0, 0.1) is 0 Å². The molecule has 2 rings (SSSR count). The van der Waals surface area contributed by atoms with Crippen molar-refractivity contribution in [3.8, 4) is 0 Å². The van der Waals surface area contributed by atoms with E-state index in [4.69, 9.17) is 4.74 Å². The van der Waals surface area contributed by atoms with Crippen molar-refractivity contribution in [1.29, 1.82) is 0 Å². The van der Waals surface area contributed by atoms with Crippen LogP contribution >= 0.6 is 0 Å². The lowest BCUT2D eigenvalue weighted by Gasteiger charge is -2.20. The molecule has 0 bridgehead atoms. The first-order valence-electron chi connectivity index (χ1n) is 8.76. The third kappa shape index (κ3) is 7.96. The molecule has 0 aliphatic rings. The zero-order valence-electron chi connectivity index (χ0n) is 14.7. The van der Waals surface area contributed by atoms with Crippen LogP contribution in [0.15, 0.2) is 60.7 Å². The van der Waals surface area contributed by atoms with Crippen LogP contribution in [0.5, 0.6) is 0 Å². The van der Waals surface area contributed by atoms with Gasteiger partial charge in [-0.05, 0) is 30.9 Å². The van der Waals surface area contributed by atoms with Crippen molar-refractivity contribution < 1.29 is 14.6 Å². The van der Waals surface area contributed by atoms with Crippen LogP contribution in [0.3, 0.4) is 0 Å². The summed E-state index contributed by atoms with van der Waals surface area (Å²) in [5.74, 6) is 0.0189. The summed E-state index contributed by atoms with van der Waals surface area (Å²) in [5.41, 5.74) is 2.30. The predicted octanol–water partition coefficient (Wildman–Crippen LogP) is 2.74. The Bertz CT molecular complexity index is 614. The average molecular weight is 341 g/mol. The molecule has 0 radical (unpaired) electrons. The second-order valence-corrected chi connectivity index (χ2v) is 6.33. The van der Waals surface area contributed by atoms with Gasteiger partial charge in [0, 0.05) is 6.42 Å². The van der Waals surface area contributed by atoms with Gasteiger partial charge in [-0.3, -0.25) is 4.79 Å². The lowest BCUT2D eigenvalue weighted by molar-refractivity contribution is -0.122. The number of aliphatic hydroxyl groups is 1. The molecule has 1 amide bonds. The first-order valence-corrected chi connectivity index (χ1v) is 8.76. The van der Waals surface area contributed by atoms with Gasteiger partial charge in [0.05, 0.1) is 25.4 Å². The highest BCUT2D eigenvalue weighted by Crippen LogP contribution is 2.06. The van der Waals surface area contributed by atoms with Gasteiger partial charge >= 0.3 is 0 Å². The molecule has 4 heteroatoms. The monoisotopic (exact) mass is 341 g/mol. The summed E-state index contributed by atoms with van der Waals surface area (Å²) in [4.78, 5) is 12.3. The van der Waals surface area contributed by atoms with Crippen LogP contribution in [-0.2, 0) is 22.4 Å². The topological polar surface area (TPSA) is 58.6 Å². The van der Waals surface area contributed by atoms with E-state index in [1.165, 1.54) is 0 Å². The first kappa shape index (κ1) is 19.2. The smallest absolute Gasteiger partial charge is 0.220 e. The van der Waals surface area contributed by atoms with E-state index in [-0.39, 0.29) is 18.6 Å². The van der Waals surface area contributed by atoms with E-state index in [1.54, 1.807) is 6.92 Å². The molecule has 4 nitrogen and oxygen atoms in total. The number of nitrogens with one attached hydrogen (secondary N) is 1. The van der Waals surface area contributed by atoms with Gasteiger partial charge in [0.1, 0.15) is 0 Å². The number of aryl methyl sites for hydroxylation is 1. The summed E-state index contributed by atoms with van der Waals surface area (Å²) in [6.45, 7) is 2.34. The summed E-state index contributed by atoms with van der Waals surface area (Å²) in [5, 5.41) is 12.4. The zero-order chi connectivity index (χ0) is 17.9. The van der Waals surface area contributed by atoms with E-state index in [2.05, 4.69) is 5.32 Å². The highest BCUT2D eigenvalue weighted by molar-refractivity contribution is 5.76. The van der Waals surface area contributed by atoms with Gasteiger partial charge < -0.3 is 15.2 Å². The fourth-order valence-electron chi connectivity index (χ4n) is 2.63. The Kier molecular flexibility index (Phi) is 8.16. The maximum absolute atomic E-state index is 12.3. The van der Waals surface area contributed by atoms with E-state index in [0.29, 0.717) is 19.4 Å². The fraction of sp³-hybridized carbons (Fsp3) is 0.381. The van der Waals surface area contributed by atoms with E-state index in [9.17, 15) is 9.90 Å². The summed E-state index contributed by atoms with van der Waals surface area (Å²) in [6.07, 6.45) is 1.37. The van der Waals surface area contributed by atoms with Gasteiger partial charge in [0.15, 0.2) is 0 Å². The molecule has 2 atom stereocenters. The van der Waals surface area contributed by atoms with Crippen molar-refractivity contribution in [1.82, 2.24) is 5.32 Å². The molecule has 2 aromatic carbocycles. The van der Waals surface area contributed by atoms with Gasteiger partial charge in [-0.25, -0.2) is 0 Å². The number of benzene rings is 2. The molecule has 25 heavy (non-hydrogen) atoms. The predicted molar refractivity (Wildman–Crippen MR) is 99.3 cm³/mol. The molecule has 0 fully saturated rings. The lowest BCUT2D eigenvalue weighted by atomic mass is 10.1. The number of hydrogen-bond donors (Lipinski definition) is 2. The Labute approximate surface area is 149 Å². The molecule has 0 heterocycles. The molecule has 2 aromatic rings. The molecule has 2 N–H and O–H groups in total. The van der Waals surface area contributed by atoms with Crippen LogP contribution in [0.2, 0.25) is 0 Å². The van der Waals surface area contributed by atoms with Gasteiger partial charge in [-0.15, -0.1) is 0 Å². The normalized spacial score (nSPS) is 13.2. The van der Waals surface area contributed by atoms with Crippen molar-refractivity contribution >= 4 is 5.91 Å². The van der Waals surface area contributed by atoms with Gasteiger partial charge in [0.25, 0.3) is 0 Å². The van der Waals surface area contributed by atoms with Crippen molar-refractivity contribution in [2.24, 2.45) is 0 Å². The Morgan fingerprint density at radius 3 is 2.20 bits per heavy atom. The van der Waals surface area contributed by atoms with Gasteiger partial charge in [0.2, 0.25) is 5.91 Å². The van der Waals surface area contributed by atoms with Crippen molar-refractivity contribution in [2.45, 2.75) is 38.3 Å². The van der Waals surface area contributed by atoms with Crippen LogP contribution < -0.4 is 5.32 Å². The molecule has 0 saturated heterocycles. The first-order chi connectivity index (χ1) is 12.1. The number of aliphatic hydroxyl groups excluding tert-OH is 1. The van der Waals surface area contributed by atoms with Crippen LogP contribution in [0.25, 0.3) is 0 Å². The number of amides is 1. The maximum Gasteiger partial charge on any atom is 0.220 e. The van der Waals surface area contributed by atoms with Crippen LogP contribution in [0.1, 0.15) is 24.5 Å². The standard InChI is InChI=1S/C21H27NO3/c1-17(23)15-25-16-20(14-19-10-6-3-7-11-19)22-21(24)13-12-18-8-4-2-5-9-18/h2-11,17,20,23H,12-16H2,1H3,(H,22,24). The second-order valence-electron chi connectivity index (χ2n) is 6.33. The van der Waals surface area contributed by atoms with Gasteiger partial charge in [-0.1, -0.05) is 60.7 Å². The fourth-order valence-corrected chi connectivity index (χ4v) is 2.63. The molecule has 134 valence electrons. The number of hydrogen-bond acceptors (Lipinski definition) is 3. The molecular formula is C21H27NO3. The third-order valence-corrected chi connectivity index (χ3v) is 3.85. The molecular weight excluding hydrogens is 314 g/mol. The zero-order valence-corrected chi connectivity index (χ0v) is 14.7. The van der Waals surface area contributed by atoms with E-state index in [1.807, 2.05) is 60.7 Å². The summed E-state index contributed by atoms with van der Waals surface area (Å²) in [7, 11) is 0. The largest absolute Gasteiger partial charge is 0.391 e. The van der Waals surface area contributed by atoms with E-state index in [0.717, 1.165) is 17.5 Å². The highest BCUT2D eigenvalue weighted by atomic mass is 16.5. The molecule has 2 unspecified atom stereocenters. The van der Waals surface area contributed by atoms with Crippen LogP contribution in [-0.4, -0.2) is 36.4 Å². The lowest BCUT2D eigenvalue weighted by Crippen LogP contribution is -2.40. The van der Waals surface area contributed by atoms with Crippen molar-refractivity contribution in [3.05, 3.63) is 71.8 Å². The summed E-state index contributed by atoms with van der Waals surface area (Å²) >= 11 is 0. The minimum atomic E-state index is -0.508. The number of carbonyl (C=O) groups excluding carboxylic acids is 1. The second kappa shape index (κ2) is 10.6. The molecule has 0 aromatic heterocycles. The molecule has 0 aliphatic carbocycles. The minimum Gasteiger partial charge on any atom is -0.391 e. The quantitative estimate of drug-likeness (QED) is 0.699. The third-order valence-electron chi connectivity index (χ3n) is 3.85. The Balaban J connectivity index is 1.86. The van der Waals surface area contributed by atoms with E-state index >= 15 is 0 Å². The molecule has 0 aliphatic heterocycles. The Morgan fingerprint density at radius 1 is 1.00 bits per heavy atom. The maximum atomic E-state index is 12.3. The Hall–Kier alpha value is -2.17. The van der Waals surface area contributed by atoms with Gasteiger partial charge in [-0.2, -0.15) is 0 Å². The van der Waals surface area contributed by atoms with E-state index < -0.39 is 6.10 Å². The molecule has 0 spiro atoms. The SMILES string of the molecule is CC(O)COCC(Cc1ccccc1)NC(=O)CCc1ccccc1. The van der Waals surface area contributed by atoms with Crippen molar-refractivity contribution in [2.75, 3.05) is 13.2 Å². The minimum absolute atomic E-state index is 0.0189. The van der Waals surface area contributed by atoms with Crippen LogP contribution in [0.4, 0.5) is 0 Å². The summed E-state index contributed by atoms with van der Waals surface area (Å²) in [6, 6.07) is 19.9. The number of rotatable bonds is 10. The number of carbonyl (C=O) groups is 1. The van der Waals surface area contributed by atoms with Crippen molar-refractivity contribution in [3.63, 3.8) is 0 Å². The summed E-state index contributed by atoms with van der Waals surface area (Å²) < 4.78 is 5.53. The average Bonchev–Trinajstić information content (AvgIpc) is 2.61. The number of ether oxygens (including phenoxy) is 1. The molecule has 0 saturated carbocycles. The highest BCUT2D eigenvalue weighted by Gasteiger charge is 2.14.